The van der Waals surface area contributed by atoms with Crippen LogP contribution in [0.2, 0.25) is 0 Å². The van der Waals surface area contributed by atoms with Crippen LogP contribution in [0, 0.1) is 23.2 Å². The van der Waals surface area contributed by atoms with E-state index in [1.807, 2.05) is 56.3 Å². The second-order valence-corrected chi connectivity index (χ2v) is 16.8. The summed E-state index contributed by atoms with van der Waals surface area (Å²) in [5.74, 6) is 0.965. The van der Waals surface area contributed by atoms with Crippen LogP contribution >= 0.6 is 0 Å². The minimum Gasteiger partial charge on any atom is -0.497 e. The van der Waals surface area contributed by atoms with Gasteiger partial charge in [-0.2, -0.15) is 5.10 Å². The molecule has 3 saturated carbocycles. The molecule has 12 nitrogen and oxygen atoms in total. The van der Waals surface area contributed by atoms with Crippen LogP contribution in [0.15, 0.2) is 59.9 Å². The molecule has 6 atom stereocenters. The van der Waals surface area contributed by atoms with E-state index in [4.69, 9.17) is 18.9 Å². The van der Waals surface area contributed by atoms with Gasteiger partial charge in [0.1, 0.15) is 17.1 Å². The summed E-state index contributed by atoms with van der Waals surface area (Å²) in [4.78, 5) is 38.8. The fourth-order valence-electron chi connectivity index (χ4n) is 9.04. The Morgan fingerprint density at radius 3 is 2.57 bits per heavy atom. The van der Waals surface area contributed by atoms with Gasteiger partial charge in [0.2, 0.25) is 5.60 Å². The fourth-order valence-corrected chi connectivity index (χ4v) is 9.04. The zero-order chi connectivity index (χ0) is 37.7. The van der Waals surface area contributed by atoms with E-state index in [-0.39, 0.29) is 54.7 Å². The largest absolute Gasteiger partial charge is 0.497 e. The van der Waals surface area contributed by atoms with Crippen LogP contribution in [0.1, 0.15) is 96.2 Å². The highest BCUT2D eigenvalue weighted by atomic mass is 16.7. The topological polar surface area (TPSA) is 138 Å². The monoisotopic (exact) mass is 724 g/mol. The molecule has 1 aromatic carbocycles. The second kappa shape index (κ2) is 14.2. The third kappa shape index (κ3) is 6.98. The molecule has 8 rings (SSSR count). The molecular weight excluding hydrogens is 671 g/mol. The molecule has 13 heteroatoms. The number of amides is 2. The summed E-state index contributed by atoms with van der Waals surface area (Å²) >= 11 is 0. The van der Waals surface area contributed by atoms with E-state index in [1.165, 1.54) is 0 Å². The van der Waals surface area contributed by atoms with Crippen LogP contribution in [0.4, 0.5) is 0 Å². The van der Waals surface area contributed by atoms with Crippen molar-refractivity contribution in [1.82, 2.24) is 25.4 Å². The number of hydrogen-bond acceptors (Lipinski definition) is 9. The molecule has 0 radical (unpaired) electrons. The van der Waals surface area contributed by atoms with Crippen molar-refractivity contribution >= 4 is 24.6 Å². The Morgan fingerprint density at radius 2 is 1.87 bits per heavy atom. The number of carbonyl (C=O) groups excluding carboxylic acids is 2. The standard InChI is InChI=1S/C40H53BN6O6/c1-24(2)16-35(41-51-34-19-27-18-33(38(27,5)6)39(34,7)52-41)44-37(49)40(21-26-12-11-13-29(17-26)50-8)22-28(46-53-40)23-43-36(48)32-20-31(45-47(32)25(3)4)30-14-9-10-15-42-30/h9-15,17,20,24-25,27,33-35H,16,18-19,21-23H2,1-8H3,(H,43,48)(H,44,49)/t27-,33-,34+,35-,39-,40?/m0/s1. The number of pyridine rings is 1. The lowest BCUT2D eigenvalue weighted by atomic mass is 9.43. The highest BCUT2D eigenvalue weighted by Gasteiger charge is 2.68. The van der Waals surface area contributed by atoms with Crippen molar-refractivity contribution in [1.29, 1.82) is 0 Å². The van der Waals surface area contributed by atoms with Crippen LogP contribution in [-0.2, 0) is 25.4 Å². The normalized spacial score (nSPS) is 27.5. The van der Waals surface area contributed by atoms with Gasteiger partial charge in [-0.3, -0.25) is 19.3 Å². The van der Waals surface area contributed by atoms with Gasteiger partial charge in [-0.05, 0) is 99.1 Å². The molecule has 4 fully saturated rings. The molecule has 1 saturated heterocycles. The van der Waals surface area contributed by atoms with Crippen LogP contribution in [0.5, 0.6) is 5.75 Å². The maximum absolute atomic E-state index is 14.7. The number of hydrogen-bond donors (Lipinski definition) is 2. The van der Waals surface area contributed by atoms with Gasteiger partial charge in [-0.1, -0.05) is 51.0 Å². The number of carbonyl (C=O) groups is 2. The smallest absolute Gasteiger partial charge is 0.481 e. The Labute approximate surface area is 312 Å². The Bertz CT molecular complexity index is 1860. The number of nitrogens with zero attached hydrogens (tertiary/aromatic N) is 4. The fraction of sp³-hybridized carbons (Fsp3) is 0.575. The number of benzene rings is 1. The second-order valence-electron chi connectivity index (χ2n) is 16.8. The average molecular weight is 725 g/mol. The minimum atomic E-state index is -1.37. The molecule has 2 aromatic heterocycles. The summed E-state index contributed by atoms with van der Waals surface area (Å²) in [6.07, 6.45) is 4.89. The maximum Gasteiger partial charge on any atom is 0.481 e. The van der Waals surface area contributed by atoms with Gasteiger partial charge in [-0.25, -0.2) is 0 Å². The van der Waals surface area contributed by atoms with Crippen LogP contribution in [0.25, 0.3) is 11.4 Å². The van der Waals surface area contributed by atoms with Gasteiger partial charge in [0, 0.05) is 25.1 Å². The van der Waals surface area contributed by atoms with E-state index in [9.17, 15) is 9.59 Å². The van der Waals surface area contributed by atoms with Crippen molar-refractivity contribution in [3.05, 3.63) is 66.0 Å². The van der Waals surface area contributed by atoms with E-state index in [0.717, 1.165) is 18.4 Å². The summed E-state index contributed by atoms with van der Waals surface area (Å²) in [6, 6.07) is 14.9. The number of ether oxygens (including phenoxy) is 1. The van der Waals surface area contributed by atoms with E-state index in [0.29, 0.717) is 46.8 Å². The Hall–Kier alpha value is -4.23. The number of rotatable bonds is 13. The SMILES string of the molecule is COc1cccc(CC2(C(=O)N[C@@H](CC(C)C)B3O[C@@H]4C[C@@H]5C[C@@H](C5(C)C)[C@]4(C)O3)CC(CNC(=O)c3cc(-c4ccccn4)nn3C(C)C)=NO2)c1. The summed E-state index contributed by atoms with van der Waals surface area (Å²) in [5, 5.41) is 15.4. The van der Waals surface area contributed by atoms with E-state index in [2.05, 4.69) is 60.5 Å². The molecule has 2 amide bonds. The minimum absolute atomic E-state index is 0.00472. The molecule has 2 aliphatic heterocycles. The zero-order valence-corrected chi connectivity index (χ0v) is 32.2. The van der Waals surface area contributed by atoms with Crippen molar-refractivity contribution in [2.75, 3.05) is 13.7 Å². The van der Waals surface area contributed by atoms with Gasteiger partial charge >= 0.3 is 7.12 Å². The van der Waals surface area contributed by atoms with Crippen LogP contribution in [0.3, 0.4) is 0 Å². The van der Waals surface area contributed by atoms with E-state index in [1.54, 1.807) is 24.1 Å². The highest BCUT2D eigenvalue weighted by molar-refractivity contribution is 6.48. The summed E-state index contributed by atoms with van der Waals surface area (Å²) in [5.41, 5.74) is 1.54. The third-order valence-corrected chi connectivity index (χ3v) is 12.1. The Morgan fingerprint density at radius 1 is 1.06 bits per heavy atom. The molecule has 53 heavy (non-hydrogen) atoms. The van der Waals surface area contributed by atoms with Crippen LogP contribution < -0.4 is 15.4 Å². The molecular formula is C40H53BN6O6. The molecule has 2 N–H and O–H groups in total. The lowest BCUT2D eigenvalue weighted by Gasteiger charge is -2.64. The molecule has 0 spiro atoms. The first kappa shape index (κ1) is 37.1. The van der Waals surface area contributed by atoms with Crippen molar-refractivity contribution in [3.8, 4) is 17.1 Å². The quantitative estimate of drug-likeness (QED) is 0.211. The highest BCUT2D eigenvalue weighted by Crippen LogP contribution is 2.65. The van der Waals surface area contributed by atoms with Gasteiger partial charge in [0.25, 0.3) is 11.8 Å². The van der Waals surface area contributed by atoms with Gasteiger partial charge < -0.3 is 29.5 Å². The van der Waals surface area contributed by atoms with E-state index >= 15 is 0 Å². The molecule has 2 bridgehead atoms. The summed E-state index contributed by atoms with van der Waals surface area (Å²) in [6.45, 7) is 15.2. The predicted molar refractivity (Wildman–Crippen MR) is 202 cm³/mol. The average Bonchev–Trinajstić information content (AvgIpc) is 3.86. The lowest BCUT2D eigenvalue weighted by molar-refractivity contribution is -0.199. The molecule has 3 aromatic rings. The van der Waals surface area contributed by atoms with Crippen molar-refractivity contribution in [3.63, 3.8) is 0 Å². The first-order valence-electron chi connectivity index (χ1n) is 19.0. The predicted octanol–water partition coefficient (Wildman–Crippen LogP) is 5.82. The van der Waals surface area contributed by atoms with Crippen molar-refractivity contribution < 1.29 is 28.5 Å². The zero-order valence-electron chi connectivity index (χ0n) is 32.2. The van der Waals surface area contributed by atoms with Gasteiger partial charge in [-0.15, -0.1) is 0 Å². The molecule has 1 unspecified atom stereocenters. The molecule has 4 heterocycles. The van der Waals surface area contributed by atoms with Crippen LogP contribution in [-0.4, -0.2) is 76.3 Å². The number of aromatic nitrogens is 3. The summed E-state index contributed by atoms with van der Waals surface area (Å²) in [7, 11) is 1.03. The molecule has 3 aliphatic carbocycles. The number of nitrogens with one attached hydrogen (secondary N) is 2. The lowest BCUT2D eigenvalue weighted by Crippen LogP contribution is -2.65. The first-order chi connectivity index (χ1) is 25.2. The first-order valence-corrected chi connectivity index (χ1v) is 19.0. The van der Waals surface area contributed by atoms with Crippen molar-refractivity contribution in [2.24, 2.45) is 28.3 Å². The maximum atomic E-state index is 14.7. The number of methoxy groups -OCH3 is 1. The Balaban J connectivity index is 1.09. The van der Waals surface area contributed by atoms with Gasteiger partial charge in [0.15, 0.2) is 0 Å². The number of oxime groups is 1. The Kier molecular flexibility index (Phi) is 9.95. The molecule has 282 valence electrons. The third-order valence-electron chi connectivity index (χ3n) is 12.1. The van der Waals surface area contributed by atoms with Crippen molar-refractivity contribution in [2.45, 2.75) is 110 Å². The molecule has 5 aliphatic rings. The van der Waals surface area contributed by atoms with E-state index < -0.39 is 24.3 Å². The van der Waals surface area contributed by atoms with Gasteiger partial charge in [0.05, 0.1) is 42.7 Å². The summed E-state index contributed by atoms with van der Waals surface area (Å²) < 4.78 is 20.7.